The molecule has 0 aromatic heterocycles. The number of amides is 2. The molecule has 182 valence electrons. The molecule has 0 aromatic carbocycles. The Hall–Kier alpha value is -1.21. The number of likely N-dealkylation sites (tertiary alicyclic amines) is 1. The lowest BCUT2D eigenvalue weighted by molar-refractivity contribution is -0.148. The lowest BCUT2D eigenvalue weighted by Gasteiger charge is -2.50. The van der Waals surface area contributed by atoms with E-state index in [0.717, 1.165) is 38.6 Å². The number of rotatable bonds is 4. The van der Waals surface area contributed by atoms with Gasteiger partial charge in [0, 0.05) is 50.7 Å². The van der Waals surface area contributed by atoms with Crippen LogP contribution in [-0.2, 0) is 14.3 Å². The highest BCUT2D eigenvalue weighted by Crippen LogP contribution is 2.43. The van der Waals surface area contributed by atoms with Crippen molar-refractivity contribution in [1.82, 2.24) is 15.5 Å². The summed E-state index contributed by atoms with van der Waals surface area (Å²) >= 11 is 0. The Morgan fingerprint density at radius 2 is 1.91 bits per heavy atom. The average Bonchev–Trinajstić information content (AvgIpc) is 2.78. The fraction of sp³-hybridized carbons (Fsp3) is 0.920. The highest BCUT2D eigenvalue weighted by Gasteiger charge is 2.47. The maximum Gasteiger partial charge on any atom is 0.225 e. The van der Waals surface area contributed by atoms with Gasteiger partial charge in [0.15, 0.2) is 0 Å². The summed E-state index contributed by atoms with van der Waals surface area (Å²) in [7, 11) is 3.53. The molecule has 10 atom stereocenters. The fourth-order valence-electron chi connectivity index (χ4n) is 7.01. The minimum atomic E-state index is -1.07. The number of fused-ring (bicyclic) bond motifs is 1. The predicted molar refractivity (Wildman–Crippen MR) is 122 cm³/mol. The zero-order valence-electron chi connectivity index (χ0n) is 20.2. The summed E-state index contributed by atoms with van der Waals surface area (Å²) in [4.78, 5) is 28.3. The van der Waals surface area contributed by atoms with Gasteiger partial charge in [0.2, 0.25) is 11.8 Å². The first-order valence-electron chi connectivity index (χ1n) is 12.8. The van der Waals surface area contributed by atoms with Gasteiger partial charge in [-0.3, -0.25) is 9.59 Å². The Balaban J connectivity index is 1.37. The van der Waals surface area contributed by atoms with E-state index in [9.17, 15) is 14.0 Å². The monoisotopic (exact) mass is 451 g/mol. The number of hydrogen-bond donors (Lipinski definition) is 2. The minimum Gasteiger partial charge on any atom is -0.378 e. The number of hydrogen-bond acceptors (Lipinski definition) is 4. The fourth-order valence-corrected chi connectivity index (χ4v) is 7.01. The number of nitrogens with one attached hydrogen (secondary N) is 2. The lowest BCUT2D eigenvalue weighted by Crippen LogP contribution is -2.60. The number of carbonyl (C=O) groups is 2. The smallest absolute Gasteiger partial charge is 0.225 e. The molecule has 2 heterocycles. The van der Waals surface area contributed by atoms with Crippen molar-refractivity contribution in [1.29, 1.82) is 0 Å². The zero-order valence-corrected chi connectivity index (χ0v) is 20.2. The molecule has 2 saturated heterocycles. The molecule has 2 aliphatic heterocycles. The molecule has 2 saturated carbocycles. The van der Waals surface area contributed by atoms with Crippen molar-refractivity contribution in [3.63, 3.8) is 0 Å². The van der Waals surface area contributed by atoms with Crippen LogP contribution in [0.3, 0.4) is 0 Å². The van der Waals surface area contributed by atoms with E-state index in [0.29, 0.717) is 48.6 Å². The Morgan fingerprint density at radius 1 is 1.12 bits per heavy atom. The van der Waals surface area contributed by atoms with Crippen LogP contribution in [-0.4, -0.2) is 67.8 Å². The molecular formula is C25H42FN3O3. The first-order chi connectivity index (χ1) is 15.3. The maximum absolute atomic E-state index is 14.3. The van der Waals surface area contributed by atoms with Crippen LogP contribution in [0.2, 0.25) is 0 Å². The van der Waals surface area contributed by atoms with Gasteiger partial charge >= 0.3 is 0 Å². The van der Waals surface area contributed by atoms with E-state index in [1.165, 1.54) is 7.11 Å². The molecule has 6 nitrogen and oxygen atoms in total. The van der Waals surface area contributed by atoms with E-state index >= 15 is 0 Å². The largest absolute Gasteiger partial charge is 0.378 e. The topological polar surface area (TPSA) is 70.7 Å². The summed E-state index contributed by atoms with van der Waals surface area (Å²) in [6.45, 7) is 5.45. The summed E-state index contributed by atoms with van der Waals surface area (Å²) in [6, 6.07) is 0.890. The van der Waals surface area contributed by atoms with Crippen molar-refractivity contribution in [3.8, 4) is 0 Å². The number of ether oxygens (including phenoxy) is 1. The Bertz CT molecular complexity index is 691. The van der Waals surface area contributed by atoms with Crippen molar-refractivity contribution >= 4 is 11.8 Å². The number of nitrogens with zero attached hydrogens (tertiary/aromatic N) is 1. The van der Waals surface area contributed by atoms with E-state index in [4.69, 9.17) is 4.74 Å². The maximum atomic E-state index is 14.3. The minimum absolute atomic E-state index is 0.0156. The Labute approximate surface area is 192 Å². The van der Waals surface area contributed by atoms with Crippen LogP contribution in [0, 0.1) is 29.6 Å². The molecule has 2 aliphatic carbocycles. The van der Waals surface area contributed by atoms with Crippen molar-refractivity contribution in [2.24, 2.45) is 29.6 Å². The van der Waals surface area contributed by atoms with Crippen molar-refractivity contribution in [3.05, 3.63) is 0 Å². The summed E-state index contributed by atoms with van der Waals surface area (Å²) in [5, 5.41) is 6.83. The van der Waals surface area contributed by atoms with Crippen LogP contribution in [0.25, 0.3) is 0 Å². The van der Waals surface area contributed by atoms with Gasteiger partial charge in [0.05, 0.1) is 6.10 Å². The first-order valence-corrected chi connectivity index (χ1v) is 12.8. The molecule has 10 unspecified atom stereocenters. The first kappa shape index (κ1) is 23.9. The van der Waals surface area contributed by atoms with Crippen LogP contribution >= 0.6 is 0 Å². The lowest BCUT2D eigenvalue weighted by atomic mass is 9.65. The molecule has 0 radical (unpaired) electrons. The number of methoxy groups -OCH3 is 1. The number of halogens is 1. The van der Waals surface area contributed by atoms with Crippen molar-refractivity contribution in [2.45, 2.75) is 95.6 Å². The van der Waals surface area contributed by atoms with E-state index in [1.54, 1.807) is 0 Å². The molecular weight excluding hydrogens is 409 g/mol. The summed E-state index contributed by atoms with van der Waals surface area (Å²) in [5.41, 5.74) is 0. The zero-order chi connectivity index (χ0) is 23.0. The summed E-state index contributed by atoms with van der Waals surface area (Å²) in [5.74, 6) is 1.33. The van der Waals surface area contributed by atoms with Gasteiger partial charge in [0.1, 0.15) is 6.17 Å². The number of piperidine rings is 2. The molecule has 32 heavy (non-hydrogen) atoms. The molecule has 0 bridgehead atoms. The van der Waals surface area contributed by atoms with Gasteiger partial charge in [-0.2, -0.15) is 0 Å². The van der Waals surface area contributed by atoms with Gasteiger partial charge in [-0.15, -0.1) is 0 Å². The second-order valence-corrected chi connectivity index (χ2v) is 11.1. The standard InChI is InChI=1S/C25H42FN3O3/c1-14-5-7-18(28-24(30)16-6-8-23(32-4)21(26)11-16)12-19(14)20-10-17-13-27-15(2)9-22(17)29(3)25(20)31/h14-23,27H,5-13H2,1-4H3,(H,28,30). The average molecular weight is 452 g/mol. The Kier molecular flexibility index (Phi) is 7.45. The van der Waals surface area contributed by atoms with Gasteiger partial charge in [-0.1, -0.05) is 6.92 Å². The van der Waals surface area contributed by atoms with Crippen molar-refractivity contribution in [2.75, 3.05) is 20.7 Å². The highest BCUT2D eigenvalue weighted by molar-refractivity contribution is 5.80. The van der Waals surface area contributed by atoms with E-state index in [-0.39, 0.29) is 36.3 Å². The summed E-state index contributed by atoms with van der Waals surface area (Å²) in [6.07, 6.45) is 4.87. The second kappa shape index (κ2) is 9.96. The van der Waals surface area contributed by atoms with Crippen LogP contribution < -0.4 is 10.6 Å². The number of carbonyl (C=O) groups excluding carboxylic acids is 2. The van der Waals surface area contributed by atoms with Gasteiger partial charge < -0.3 is 20.3 Å². The molecule has 4 aliphatic rings. The highest BCUT2D eigenvalue weighted by atomic mass is 19.1. The normalized spacial score (nSPS) is 45.3. The molecule has 7 heteroatoms. The third kappa shape index (κ3) is 4.84. The van der Waals surface area contributed by atoms with Crippen LogP contribution in [0.1, 0.15) is 65.2 Å². The predicted octanol–water partition coefficient (Wildman–Crippen LogP) is 2.91. The van der Waals surface area contributed by atoms with Crippen LogP contribution in [0.15, 0.2) is 0 Å². The quantitative estimate of drug-likeness (QED) is 0.690. The van der Waals surface area contributed by atoms with Gasteiger partial charge in [-0.05, 0) is 76.0 Å². The third-order valence-electron chi connectivity index (χ3n) is 9.09. The van der Waals surface area contributed by atoms with E-state index in [1.807, 2.05) is 11.9 Å². The molecule has 4 fully saturated rings. The summed E-state index contributed by atoms with van der Waals surface area (Å²) < 4.78 is 19.5. The van der Waals surface area contributed by atoms with E-state index < -0.39 is 6.17 Å². The Morgan fingerprint density at radius 3 is 2.62 bits per heavy atom. The molecule has 4 rings (SSSR count). The SMILES string of the molecule is COC1CCC(C(=O)NC2CCC(C)C(C3CC4CNC(C)CC4N(C)C3=O)C2)CC1F. The van der Waals surface area contributed by atoms with Crippen LogP contribution in [0.4, 0.5) is 4.39 Å². The van der Waals surface area contributed by atoms with Gasteiger partial charge in [-0.25, -0.2) is 4.39 Å². The van der Waals surface area contributed by atoms with E-state index in [2.05, 4.69) is 24.5 Å². The molecule has 0 aromatic rings. The molecule has 0 spiro atoms. The van der Waals surface area contributed by atoms with Crippen molar-refractivity contribution < 1.29 is 18.7 Å². The second-order valence-electron chi connectivity index (χ2n) is 11.1. The van der Waals surface area contributed by atoms with Gasteiger partial charge in [0.25, 0.3) is 0 Å². The number of alkyl halides is 1. The van der Waals surface area contributed by atoms with Crippen LogP contribution in [0.5, 0.6) is 0 Å². The molecule has 2 N–H and O–H groups in total. The third-order valence-corrected chi connectivity index (χ3v) is 9.09. The molecule has 2 amide bonds.